The van der Waals surface area contributed by atoms with Crippen LogP contribution in [0.3, 0.4) is 0 Å². The van der Waals surface area contributed by atoms with E-state index in [2.05, 4.69) is 18.2 Å². The average molecular weight is 277 g/mol. The fourth-order valence-electron chi connectivity index (χ4n) is 2.44. The fraction of sp³-hybridized carbons (Fsp3) is 0.263. The summed E-state index contributed by atoms with van der Waals surface area (Å²) >= 11 is 0. The highest BCUT2D eigenvalue weighted by atomic mass is 16.1. The van der Waals surface area contributed by atoms with E-state index in [4.69, 9.17) is 0 Å². The number of rotatable bonds is 6. The van der Waals surface area contributed by atoms with Crippen molar-refractivity contribution in [3.8, 4) is 6.07 Å². The van der Waals surface area contributed by atoms with Crippen LogP contribution in [0.4, 0.5) is 0 Å². The van der Waals surface area contributed by atoms with Crippen LogP contribution in [0.15, 0.2) is 54.6 Å². The molecule has 0 amide bonds. The van der Waals surface area contributed by atoms with Crippen molar-refractivity contribution >= 4 is 5.78 Å². The number of nitrogens with zero attached hydrogens (tertiary/aromatic N) is 1. The van der Waals surface area contributed by atoms with Crippen LogP contribution in [0.1, 0.15) is 35.4 Å². The van der Waals surface area contributed by atoms with Gasteiger partial charge in [0.25, 0.3) is 0 Å². The van der Waals surface area contributed by atoms with Gasteiger partial charge in [-0.05, 0) is 30.9 Å². The van der Waals surface area contributed by atoms with Crippen LogP contribution in [0.25, 0.3) is 0 Å². The Kier molecular flexibility index (Phi) is 5.29. The monoisotopic (exact) mass is 277 g/mol. The topological polar surface area (TPSA) is 40.9 Å². The summed E-state index contributed by atoms with van der Waals surface area (Å²) in [5.74, 6) is -0.625. The lowest BCUT2D eigenvalue weighted by atomic mass is 9.92. The van der Waals surface area contributed by atoms with E-state index in [9.17, 15) is 10.1 Å². The third-order valence-corrected chi connectivity index (χ3v) is 3.56. The highest BCUT2D eigenvalue weighted by molar-refractivity contribution is 5.88. The second kappa shape index (κ2) is 7.40. The Labute approximate surface area is 126 Å². The fourth-order valence-corrected chi connectivity index (χ4v) is 2.44. The highest BCUT2D eigenvalue weighted by Crippen LogP contribution is 2.20. The van der Waals surface area contributed by atoms with Crippen molar-refractivity contribution < 1.29 is 4.79 Å². The lowest BCUT2D eigenvalue weighted by Gasteiger charge is -2.09. The van der Waals surface area contributed by atoms with E-state index in [-0.39, 0.29) is 5.78 Å². The molecule has 0 fully saturated rings. The van der Waals surface area contributed by atoms with E-state index in [0.717, 1.165) is 24.0 Å². The summed E-state index contributed by atoms with van der Waals surface area (Å²) in [6.45, 7) is 1.97. The van der Waals surface area contributed by atoms with Crippen molar-refractivity contribution in [3.05, 3.63) is 71.3 Å². The number of carbonyl (C=O) groups is 1. The molecule has 21 heavy (non-hydrogen) atoms. The molecule has 0 spiro atoms. The summed E-state index contributed by atoms with van der Waals surface area (Å²) in [4.78, 5) is 12.3. The molecule has 0 radical (unpaired) electrons. The first-order valence-corrected chi connectivity index (χ1v) is 7.23. The summed E-state index contributed by atoms with van der Waals surface area (Å²) in [6, 6.07) is 19.9. The van der Waals surface area contributed by atoms with Gasteiger partial charge in [0.05, 0.1) is 6.07 Å². The number of ketones is 1. The second-order valence-electron chi connectivity index (χ2n) is 5.28. The molecule has 0 aliphatic rings. The normalized spacial score (nSPS) is 11.6. The van der Waals surface area contributed by atoms with Gasteiger partial charge >= 0.3 is 0 Å². The van der Waals surface area contributed by atoms with Crippen molar-refractivity contribution in [2.45, 2.75) is 32.1 Å². The van der Waals surface area contributed by atoms with Crippen LogP contribution < -0.4 is 0 Å². The summed E-state index contributed by atoms with van der Waals surface area (Å²) in [7, 11) is 0. The molecule has 106 valence electrons. The molecule has 1 atom stereocenters. The number of hydrogen-bond donors (Lipinski definition) is 0. The molecular formula is C19H19NO. The van der Waals surface area contributed by atoms with Crippen molar-refractivity contribution in [2.24, 2.45) is 0 Å². The SMILES string of the molecule is Cc1cccc(C(C#N)C(=O)CCCc2ccccc2)c1. The molecule has 2 aromatic carbocycles. The van der Waals surface area contributed by atoms with Crippen LogP contribution in [0.5, 0.6) is 0 Å². The van der Waals surface area contributed by atoms with E-state index in [0.29, 0.717) is 6.42 Å². The number of Topliss-reactive ketones (excluding diaryl/α,β-unsaturated/α-hetero) is 1. The molecule has 0 aliphatic carbocycles. The Bertz CT molecular complexity index is 640. The molecule has 0 aromatic heterocycles. The molecule has 0 bridgehead atoms. The molecule has 0 saturated carbocycles. The molecule has 2 aromatic rings. The number of aryl methyl sites for hydroxylation is 2. The summed E-state index contributed by atoms with van der Waals surface area (Å²) in [6.07, 6.45) is 2.10. The smallest absolute Gasteiger partial charge is 0.154 e. The molecule has 0 heterocycles. The van der Waals surface area contributed by atoms with Gasteiger partial charge in [-0.25, -0.2) is 0 Å². The first-order valence-electron chi connectivity index (χ1n) is 7.23. The molecule has 1 unspecified atom stereocenters. The maximum atomic E-state index is 12.3. The lowest BCUT2D eigenvalue weighted by Crippen LogP contribution is -2.11. The highest BCUT2D eigenvalue weighted by Gasteiger charge is 2.19. The molecule has 0 N–H and O–H groups in total. The van der Waals surface area contributed by atoms with Gasteiger partial charge in [0.1, 0.15) is 5.92 Å². The number of carbonyl (C=O) groups excluding carboxylic acids is 1. The lowest BCUT2D eigenvalue weighted by molar-refractivity contribution is -0.119. The molecule has 0 saturated heterocycles. The maximum Gasteiger partial charge on any atom is 0.154 e. The Hall–Kier alpha value is -2.40. The molecular weight excluding hydrogens is 258 g/mol. The number of nitriles is 1. The predicted octanol–water partition coefficient (Wildman–Crippen LogP) is 4.19. The van der Waals surface area contributed by atoms with Gasteiger partial charge in [0.2, 0.25) is 0 Å². The summed E-state index contributed by atoms with van der Waals surface area (Å²) < 4.78 is 0. The van der Waals surface area contributed by atoms with Crippen molar-refractivity contribution in [3.63, 3.8) is 0 Å². The predicted molar refractivity (Wildman–Crippen MR) is 83.9 cm³/mol. The van der Waals surface area contributed by atoms with Gasteiger partial charge in [-0.2, -0.15) is 5.26 Å². The number of benzene rings is 2. The molecule has 0 aliphatic heterocycles. The quantitative estimate of drug-likeness (QED) is 0.794. The number of hydrogen-bond acceptors (Lipinski definition) is 2. The average Bonchev–Trinajstić information content (AvgIpc) is 2.49. The van der Waals surface area contributed by atoms with E-state index < -0.39 is 5.92 Å². The van der Waals surface area contributed by atoms with Gasteiger partial charge in [-0.3, -0.25) is 4.79 Å². The Morgan fingerprint density at radius 2 is 1.90 bits per heavy atom. The minimum Gasteiger partial charge on any atom is -0.298 e. The summed E-state index contributed by atoms with van der Waals surface area (Å²) in [5, 5.41) is 9.29. The van der Waals surface area contributed by atoms with Crippen LogP contribution in [-0.4, -0.2) is 5.78 Å². The van der Waals surface area contributed by atoms with E-state index in [1.54, 1.807) is 0 Å². The molecule has 2 nitrogen and oxygen atoms in total. The molecule has 2 rings (SSSR count). The van der Waals surface area contributed by atoms with Crippen LogP contribution in [0.2, 0.25) is 0 Å². The van der Waals surface area contributed by atoms with Gasteiger partial charge < -0.3 is 0 Å². The first-order chi connectivity index (χ1) is 10.2. The Balaban J connectivity index is 1.94. The van der Waals surface area contributed by atoms with Gasteiger partial charge in [-0.1, -0.05) is 60.2 Å². The largest absolute Gasteiger partial charge is 0.298 e. The van der Waals surface area contributed by atoms with Gasteiger partial charge in [-0.15, -0.1) is 0 Å². The minimum atomic E-state index is -0.638. The Morgan fingerprint density at radius 1 is 1.14 bits per heavy atom. The Morgan fingerprint density at radius 3 is 2.57 bits per heavy atom. The van der Waals surface area contributed by atoms with Crippen LogP contribution in [0, 0.1) is 18.3 Å². The minimum absolute atomic E-state index is 0.0130. The third kappa shape index (κ3) is 4.29. The van der Waals surface area contributed by atoms with Crippen LogP contribution in [-0.2, 0) is 11.2 Å². The molecule has 2 heteroatoms. The summed E-state index contributed by atoms with van der Waals surface area (Å²) in [5.41, 5.74) is 3.11. The first kappa shape index (κ1) is 15.0. The third-order valence-electron chi connectivity index (χ3n) is 3.56. The van der Waals surface area contributed by atoms with Crippen molar-refractivity contribution in [1.82, 2.24) is 0 Å². The van der Waals surface area contributed by atoms with E-state index >= 15 is 0 Å². The van der Waals surface area contributed by atoms with Crippen LogP contribution >= 0.6 is 0 Å². The van der Waals surface area contributed by atoms with Gasteiger partial charge in [0.15, 0.2) is 5.78 Å². The van der Waals surface area contributed by atoms with Crippen molar-refractivity contribution in [1.29, 1.82) is 5.26 Å². The standard InChI is InChI=1S/C19H19NO/c1-15-7-5-11-17(13-15)18(14-20)19(21)12-6-10-16-8-3-2-4-9-16/h2-5,7-9,11,13,18H,6,10,12H2,1H3. The zero-order valence-corrected chi connectivity index (χ0v) is 12.3. The zero-order chi connectivity index (χ0) is 15.1. The van der Waals surface area contributed by atoms with Gasteiger partial charge in [0, 0.05) is 6.42 Å². The van der Waals surface area contributed by atoms with E-state index in [1.165, 1.54) is 5.56 Å². The van der Waals surface area contributed by atoms with E-state index in [1.807, 2.05) is 49.4 Å². The van der Waals surface area contributed by atoms with Crippen molar-refractivity contribution in [2.75, 3.05) is 0 Å². The zero-order valence-electron chi connectivity index (χ0n) is 12.3. The maximum absolute atomic E-state index is 12.3. The second-order valence-corrected chi connectivity index (χ2v) is 5.28.